The number of carbonyl (C=O) groups excluding carboxylic acids is 1. The number of carbonyl (C=O) groups is 1. The molecule has 0 unspecified atom stereocenters. The Morgan fingerprint density at radius 1 is 1.36 bits per heavy atom. The quantitative estimate of drug-likeness (QED) is 0.415. The lowest BCUT2D eigenvalue weighted by molar-refractivity contribution is -0.227. The van der Waals surface area contributed by atoms with Crippen LogP contribution in [0.1, 0.15) is 47.0 Å². The van der Waals surface area contributed by atoms with E-state index in [-0.39, 0.29) is 24.3 Å². The van der Waals surface area contributed by atoms with Crippen LogP contribution in [0.4, 0.5) is 0 Å². The van der Waals surface area contributed by atoms with Crippen LogP contribution >= 0.6 is 0 Å². The van der Waals surface area contributed by atoms with E-state index in [1.54, 1.807) is 6.92 Å². The topological polar surface area (TPSA) is 112 Å². The predicted molar refractivity (Wildman–Crippen MR) is 104 cm³/mol. The zero-order valence-corrected chi connectivity index (χ0v) is 18.9. The molecule has 7 nitrogen and oxygen atoms in total. The maximum absolute atomic E-state index is 13.3. The molecule has 1 saturated heterocycles. The Morgan fingerprint density at radius 2 is 1.96 bits per heavy atom. The average molecular weight is 412 g/mol. The van der Waals surface area contributed by atoms with E-state index in [9.17, 15) is 20.3 Å². The van der Waals surface area contributed by atoms with Gasteiger partial charge in [-0.05, 0) is 44.3 Å². The van der Waals surface area contributed by atoms with Crippen molar-refractivity contribution in [2.45, 2.75) is 94.6 Å². The van der Waals surface area contributed by atoms with E-state index in [1.165, 1.54) is 7.11 Å². The van der Waals surface area contributed by atoms with E-state index in [1.807, 2.05) is 0 Å². The molecule has 1 aliphatic heterocycles. The van der Waals surface area contributed by atoms with Gasteiger partial charge in [0.2, 0.25) is 0 Å². The predicted octanol–water partition coefficient (Wildman–Crippen LogP) is 2.12. The highest BCUT2D eigenvalue weighted by Crippen LogP contribution is 2.70. The first-order chi connectivity index (χ1) is 12.7. The standard InChI is InChI=1S/C20H33NO6Si/c1-17(2,3)28(6,7)27-14-10-12(11-21)15-20(26-15)18(4,24)9-8-13(22)19(14,20)16(23)25-5/h12-15,22,24H,8-10H2,1-7H3/t12-,13-,14+,15-,18-,19-,20+/m0/s1. The molecule has 1 heterocycles. The second-order valence-electron chi connectivity index (χ2n) is 10.3. The zero-order chi connectivity index (χ0) is 21.3. The molecule has 2 N–H and O–H groups in total. The van der Waals surface area contributed by atoms with Gasteiger partial charge < -0.3 is 24.1 Å². The van der Waals surface area contributed by atoms with Crippen LogP contribution in [-0.4, -0.2) is 61.1 Å². The average Bonchev–Trinajstić information content (AvgIpc) is 3.34. The lowest BCUT2D eigenvalue weighted by atomic mass is 9.50. The van der Waals surface area contributed by atoms with Gasteiger partial charge >= 0.3 is 5.97 Å². The highest BCUT2D eigenvalue weighted by molar-refractivity contribution is 6.74. The molecule has 2 saturated carbocycles. The molecule has 3 aliphatic rings. The van der Waals surface area contributed by atoms with Gasteiger partial charge in [0, 0.05) is 0 Å². The number of epoxide rings is 1. The van der Waals surface area contributed by atoms with Gasteiger partial charge in [0.1, 0.15) is 11.7 Å². The molecule has 1 spiro atoms. The molecule has 2 aliphatic carbocycles. The van der Waals surface area contributed by atoms with Gasteiger partial charge in [-0.15, -0.1) is 0 Å². The van der Waals surface area contributed by atoms with Gasteiger partial charge in [-0.2, -0.15) is 5.26 Å². The molecule has 0 radical (unpaired) electrons. The van der Waals surface area contributed by atoms with Crippen molar-refractivity contribution in [1.29, 1.82) is 5.26 Å². The number of aliphatic hydroxyl groups is 2. The Kier molecular flexibility index (Phi) is 4.85. The minimum absolute atomic E-state index is 0.136. The van der Waals surface area contributed by atoms with E-state index >= 15 is 0 Å². The summed E-state index contributed by atoms with van der Waals surface area (Å²) in [7, 11) is -1.10. The van der Waals surface area contributed by atoms with Gasteiger partial charge in [0.05, 0.1) is 36.9 Å². The number of aliphatic hydroxyl groups excluding tert-OH is 1. The maximum Gasteiger partial charge on any atom is 0.320 e. The van der Waals surface area contributed by atoms with Gasteiger partial charge in [0.25, 0.3) is 0 Å². The van der Waals surface area contributed by atoms with E-state index in [0.29, 0.717) is 0 Å². The number of hydrogen-bond acceptors (Lipinski definition) is 7. The summed E-state index contributed by atoms with van der Waals surface area (Å²) < 4.78 is 17.8. The summed E-state index contributed by atoms with van der Waals surface area (Å²) in [5.41, 5.74) is -4.32. The van der Waals surface area contributed by atoms with Crippen LogP contribution in [0.15, 0.2) is 0 Å². The fraction of sp³-hybridized carbons (Fsp3) is 0.900. The minimum Gasteiger partial charge on any atom is -0.468 e. The Balaban J connectivity index is 2.20. The Morgan fingerprint density at radius 3 is 2.46 bits per heavy atom. The lowest BCUT2D eigenvalue weighted by Gasteiger charge is -2.57. The summed E-state index contributed by atoms with van der Waals surface area (Å²) in [5.74, 6) is -1.16. The summed E-state index contributed by atoms with van der Waals surface area (Å²) in [4.78, 5) is 13.3. The Labute approximate surface area is 168 Å². The molecular weight excluding hydrogens is 378 g/mol. The summed E-state index contributed by atoms with van der Waals surface area (Å²) in [6, 6.07) is 2.27. The van der Waals surface area contributed by atoms with Gasteiger partial charge in [-0.3, -0.25) is 4.79 Å². The van der Waals surface area contributed by atoms with Crippen LogP contribution in [0, 0.1) is 22.7 Å². The van der Waals surface area contributed by atoms with E-state index in [0.717, 1.165) is 0 Å². The first-order valence-electron chi connectivity index (χ1n) is 9.97. The molecule has 0 aromatic heterocycles. The van der Waals surface area contributed by atoms with Crippen LogP contribution in [0.25, 0.3) is 0 Å². The van der Waals surface area contributed by atoms with Crippen molar-refractivity contribution in [3.8, 4) is 6.07 Å². The van der Waals surface area contributed by atoms with Crippen molar-refractivity contribution in [2.24, 2.45) is 11.3 Å². The fourth-order valence-corrected chi connectivity index (χ4v) is 6.54. The summed E-state index contributed by atoms with van der Waals surface area (Å²) in [6.45, 7) is 12.0. The monoisotopic (exact) mass is 411 g/mol. The first-order valence-corrected chi connectivity index (χ1v) is 12.9. The molecule has 158 valence electrons. The van der Waals surface area contributed by atoms with Crippen molar-refractivity contribution in [3.63, 3.8) is 0 Å². The van der Waals surface area contributed by atoms with Crippen LogP contribution in [0.5, 0.6) is 0 Å². The molecule has 7 atom stereocenters. The Bertz CT molecular complexity index is 710. The molecule has 8 heteroatoms. The van der Waals surface area contributed by atoms with Crippen molar-refractivity contribution in [2.75, 3.05) is 7.11 Å². The largest absolute Gasteiger partial charge is 0.468 e. The van der Waals surface area contributed by atoms with Crippen molar-refractivity contribution in [3.05, 3.63) is 0 Å². The maximum atomic E-state index is 13.3. The molecule has 0 aromatic rings. The summed E-state index contributed by atoms with van der Waals surface area (Å²) >= 11 is 0. The van der Waals surface area contributed by atoms with Crippen LogP contribution in [-0.2, 0) is 18.7 Å². The molecule has 3 fully saturated rings. The third-order valence-corrected chi connectivity index (χ3v) is 12.3. The fourth-order valence-electron chi connectivity index (χ4n) is 5.20. The number of methoxy groups -OCH3 is 1. The molecule has 28 heavy (non-hydrogen) atoms. The van der Waals surface area contributed by atoms with E-state index in [4.69, 9.17) is 13.9 Å². The number of esters is 1. The van der Waals surface area contributed by atoms with Crippen molar-refractivity contribution < 1.29 is 28.9 Å². The van der Waals surface area contributed by atoms with Gasteiger partial charge in [0.15, 0.2) is 13.7 Å². The van der Waals surface area contributed by atoms with Crippen molar-refractivity contribution in [1.82, 2.24) is 0 Å². The third-order valence-electron chi connectivity index (χ3n) is 7.77. The zero-order valence-electron chi connectivity index (χ0n) is 17.9. The number of nitriles is 1. The van der Waals surface area contributed by atoms with Gasteiger partial charge in [-0.1, -0.05) is 20.8 Å². The SMILES string of the molecule is COC(=O)[C@@]12[C@@H](O)CC[C@](C)(O)[C@@]13O[C@H]3[C@H](C#N)C[C@H]2O[Si](C)(C)C(C)(C)C. The molecule has 0 amide bonds. The van der Waals surface area contributed by atoms with Crippen LogP contribution in [0.2, 0.25) is 18.1 Å². The second kappa shape index (κ2) is 6.26. The highest BCUT2D eigenvalue weighted by atomic mass is 28.4. The van der Waals surface area contributed by atoms with Crippen LogP contribution in [0.3, 0.4) is 0 Å². The van der Waals surface area contributed by atoms with Gasteiger partial charge in [-0.25, -0.2) is 0 Å². The molecule has 0 bridgehead atoms. The number of rotatable bonds is 3. The summed E-state index contributed by atoms with van der Waals surface area (Å²) in [5, 5.41) is 32.1. The highest BCUT2D eigenvalue weighted by Gasteiger charge is 2.88. The summed E-state index contributed by atoms with van der Waals surface area (Å²) in [6.07, 6.45) is -1.72. The second-order valence-corrected chi connectivity index (χ2v) is 15.1. The van der Waals surface area contributed by atoms with Crippen molar-refractivity contribution >= 4 is 14.3 Å². The first kappa shape index (κ1) is 21.7. The smallest absolute Gasteiger partial charge is 0.320 e. The number of ether oxygens (including phenoxy) is 2. The Hall–Kier alpha value is -0.983. The molecule has 0 aromatic carbocycles. The van der Waals surface area contributed by atoms with E-state index in [2.05, 4.69) is 39.9 Å². The van der Waals surface area contributed by atoms with E-state index < -0.39 is 55.1 Å². The molecule has 3 rings (SSSR count). The third kappa shape index (κ3) is 2.50. The minimum atomic E-state index is -2.37. The number of hydrogen-bond donors (Lipinski definition) is 2. The lowest BCUT2D eigenvalue weighted by Crippen LogP contribution is -2.75. The normalized spacial score (nSPS) is 45.4. The van der Waals surface area contributed by atoms with Crippen LogP contribution < -0.4 is 0 Å². The number of nitrogens with zero attached hydrogens (tertiary/aromatic N) is 1. The molecular formula is C20H33NO6Si.